The van der Waals surface area contributed by atoms with Gasteiger partial charge >= 0.3 is 0 Å². The van der Waals surface area contributed by atoms with E-state index in [4.69, 9.17) is 19.7 Å². The van der Waals surface area contributed by atoms with Gasteiger partial charge in [-0.25, -0.2) is 0 Å². The first-order chi connectivity index (χ1) is 16.3. The molecule has 2 aliphatic rings. The average molecular weight is 448 g/mol. The maximum Gasteiger partial charge on any atom is 0.227 e. The molecule has 5 heterocycles. The minimum absolute atomic E-state index is 0.0552. The lowest BCUT2D eigenvalue weighted by Crippen LogP contribution is -2.45. The van der Waals surface area contributed by atoms with Gasteiger partial charge in [0.15, 0.2) is 5.82 Å². The first-order valence-corrected chi connectivity index (χ1v) is 11.7. The van der Waals surface area contributed by atoms with Crippen LogP contribution in [0.1, 0.15) is 6.42 Å². The van der Waals surface area contributed by atoms with Crippen LogP contribution < -0.4 is 4.90 Å². The molecule has 172 valence electrons. The van der Waals surface area contributed by atoms with Crippen molar-refractivity contribution in [2.24, 2.45) is 13.0 Å². The number of benzene rings is 1. The van der Waals surface area contributed by atoms with Gasteiger partial charge in [0.25, 0.3) is 0 Å². The van der Waals surface area contributed by atoms with E-state index < -0.39 is 0 Å². The van der Waals surface area contributed by atoms with Crippen LogP contribution in [0.4, 0.5) is 5.95 Å². The molecule has 0 N–H and O–H groups in total. The van der Waals surface area contributed by atoms with Crippen molar-refractivity contribution in [3.8, 4) is 11.4 Å². The fourth-order valence-corrected chi connectivity index (χ4v) is 5.03. The minimum atomic E-state index is 0.0552. The van der Waals surface area contributed by atoms with E-state index >= 15 is 0 Å². The van der Waals surface area contributed by atoms with Crippen LogP contribution in [-0.4, -0.2) is 68.1 Å². The lowest BCUT2D eigenvalue weighted by molar-refractivity contribution is 0.0266. The highest BCUT2D eigenvalue weighted by Crippen LogP contribution is 2.33. The predicted octanol–water partition coefficient (Wildman–Crippen LogP) is 2.58. The van der Waals surface area contributed by atoms with Crippen LogP contribution in [0.5, 0.6) is 0 Å². The number of rotatable bonds is 6. The second-order valence-corrected chi connectivity index (χ2v) is 9.00. The van der Waals surface area contributed by atoms with Gasteiger partial charge in [-0.3, -0.25) is 9.25 Å². The van der Waals surface area contributed by atoms with E-state index in [2.05, 4.69) is 56.6 Å². The number of para-hydroxylation sites is 1. The predicted molar refractivity (Wildman–Crippen MR) is 125 cm³/mol. The third-order valence-corrected chi connectivity index (χ3v) is 6.71. The fraction of sp³-hybridized carbons (Fsp3) is 0.458. The highest BCUT2D eigenvalue weighted by atomic mass is 16.5. The van der Waals surface area contributed by atoms with Crippen LogP contribution in [0.2, 0.25) is 0 Å². The Morgan fingerprint density at radius 3 is 2.88 bits per heavy atom. The monoisotopic (exact) mass is 447 g/mol. The number of nitrogens with zero attached hydrogens (tertiary/aromatic N) is 7. The number of fused-ring (bicyclic) bond motifs is 1. The van der Waals surface area contributed by atoms with Gasteiger partial charge in [0.2, 0.25) is 5.95 Å². The number of aryl methyl sites for hydroxylation is 1. The van der Waals surface area contributed by atoms with Crippen molar-refractivity contribution < 1.29 is 9.47 Å². The van der Waals surface area contributed by atoms with E-state index in [1.807, 2.05) is 16.9 Å². The smallest absolute Gasteiger partial charge is 0.227 e. The zero-order valence-electron chi connectivity index (χ0n) is 18.9. The lowest BCUT2D eigenvalue weighted by atomic mass is 10.1. The zero-order chi connectivity index (χ0) is 22.2. The van der Waals surface area contributed by atoms with Crippen LogP contribution in [-0.2, 0) is 29.6 Å². The summed E-state index contributed by atoms with van der Waals surface area (Å²) in [5, 5.41) is 15.0. The summed E-state index contributed by atoms with van der Waals surface area (Å²) < 4.78 is 18.1. The summed E-state index contributed by atoms with van der Waals surface area (Å²) in [5.74, 6) is 2.30. The van der Waals surface area contributed by atoms with E-state index in [-0.39, 0.29) is 6.10 Å². The summed E-state index contributed by atoms with van der Waals surface area (Å²) in [5.41, 5.74) is 2.31. The molecule has 0 bridgehead atoms. The number of aromatic nitrogens is 6. The van der Waals surface area contributed by atoms with E-state index in [1.54, 1.807) is 6.20 Å². The molecule has 4 aromatic rings. The lowest BCUT2D eigenvalue weighted by Gasteiger charge is -2.33. The van der Waals surface area contributed by atoms with Gasteiger partial charge in [-0.05, 0) is 18.6 Å². The van der Waals surface area contributed by atoms with E-state index in [0.29, 0.717) is 12.5 Å². The van der Waals surface area contributed by atoms with Crippen LogP contribution in [0.15, 0.2) is 48.9 Å². The number of ether oxygens (including phenoxy) is 2. The molecule has 2 fully saturated rings. The topological polar surface area (TPSA) is 75.2 Å². The van der Waals surface area contributed by atoms with Crippen molar-refractivity contribution in [1.29, 1.82) is 0 Å². The highest BCUT2D eigenvalue weighted by molar-refractivity contribution is 5.94. The van der Waals surface area contributed by atoms with Crippen LogP contribution in [0.25, 0.3) is 22.3 Å². The van der Waals surface area contributed by atoms with E-state index in [1.165, 1.54) is 10.9 Å². The molecule has 0 aliphatic carbocycles. The van der Waals surface area contributed by atoms with Gasteiger partial charge in [-0.2, -0.15) is 5.10 Å². The average Bonchev–Trinajstić information content (AvgIpc) is 3.63. The molecule has 9 heteroatoms. The molecule has 0 radical (unpaired) electrons. The molecule has 0 spiro atoms. The Morgan fingerprint density at radius 2 is 2.03 bits per heavy atom. The summed E-state index contributed by atoms with van der Waals surface area (Å²) in [7, 11) is 2.08. The van der Waals surface area contributed by atoms with Crippen LogP contribution >= 0.6 is 0 Å². The Hall–Kier alpha value is -3.17. The largest absolute Gasteiger partial charge is 0.381 e. The third-order valence-electron chi connectivity index (χ3n) is 6.71. The minimum Gasteiger partial charge on any atom is -0.381 e. The SMILES string of the molecule is Cn1cc(-c2nnc(N3CCOC(Cn4cccn4)C3)n2CC2CCOC2)c2ccccc21. The zero-order valence-corrected chi connectivity index (χ0v) is 18.9. The fourth-order valence-electron chi connectivity index (χ4n) is 5.03. The van der Waals surface area contributed by atoms with Crippen molar-refractivity contribution in [3.05, 3.63) is 48.9 Å². The molecule has 2 aliphatic heterocycles. The number of hydrogen-bond acceptors (Lipinski definition) is 6. The molecule has 0 saturated carbocycles. The standard InChI is InChI=1S/C24H29N7O2/c1-28-16-21(20-5-2-3-6-22(20)28)23-26-27-24(31(23)13-18-7-11-32-17-18)29-10-12-33-19(14-29)15-30-9-4-8-25-30/h2-6,8-9,16,18-19H,7,10-15,17H2,1H3. The van der Waals surface area contributed by atoms with E-state index in [0.717, 1.165) is 63.1 Å². The molecule has 33 heavy (non-hydrogen) atoms. The van der Waals surface area contributed by atoms with Gasteiger partial charge in [0.1, 0.15) is 0 Å². The van der Waals surface area contributed by atoms with Gasteiger partial charge in [-0.1, -0.05) is 18.2 Å². The van der Waals surface area contributed by atoms with Gasteiger partial charge in [0, 0.05) is 74.3 Å². The summed E-state index contributed by atoms with van der Waals surface area (Å²) in [6.07, 6.45) is 7.07. The Kier molecular flexibility index (Phi) is 5.35. The summed E-state index contributed by atoms with van der Waals surface area (Å²) in [4.78, 5) is 2.31. The van der Waals surface area contributed by atoms with Gasteiger partial charge < -0.3 is 18.9 Å². The third kappa shape index (κ3) is 3.91. The Bertz CT molecular complexity index is 1220. The summed E-state index contributed by atoms with van der Waals surface area (Å²) >= 11 is 0. The van der Waals surface area contributed by atoms with Crippen molar-refractivity contribution in [2.45, 2.75) is 25.6 Å². The Balaban J connectivity index is 1.36. The van der Waals surface area contributed by atoms with Gasteiger partial charge in [0.05, 0.1) is 25.9 Å². The molecule has 2 atom stereocenters. The molecule has 9 nitrogen and oxygen atoms in total. The quantitative estimate of drug-likeness (QED) is 0.452. The first-order valence-electron chi connectivity index (χ1n) is 11.7. The molecular formula is C24H29N7O2. The van der Waals surface area contributed by atoms with Crippen molar-refractivity contribution in [2.75, 3.05) is 37.8 Å². The second kappa shape index (κ2) is 8.64. The maximum absolute atomic E-state index is 6.05. The Morgan fingerprint density at radius 1 is 1.09 bits per heavy atom. The molecule has 2 unspecified atom stereocenters. The number of morpholine rings is 1. The molecule has 3 aromatic heterocycles. The maximum atomic E-state index is 6.05. The van der Waals surface area contributed by atoms with Crippen molar-refractivity contribution in [1.82, 2.24) is 29.1 Å². The van der Waals surface area contributed by atoms with Crippen molar-refractivity contribution in [3.63, 3.8) is 0 Å². The summed E-state index contributed by atoms with van der Waals surface area (Å²) in [6.45, 7) is 5.41. The molecule has 1 aromatic carbocycles. The number of anilines is 1. The molecular weight excluding hydrogens is 418 g/mol. The number of hydrogen-bond donors (Lipinski definition) is 0. The van der Waals surface area contributed by atoms with Crippen molar-refractivity contribution >= 4 is 16.9 Å². The molecule has 2 saturated heterocycles. The summed E-state index contributed by atoms with van der Waals surface area (Å²) in [6, 6.07) is 10.4. The second-order valence-electron chi connectivity index (χ2n) is 9.00. The Labute approximate surface area is 192 Å². The van der Waals surface area contributed by atoms with Crippen LogP contribution in [0.3, 0.4) is 0 Å². The molecule has 6 rings (SSSR count). The van der Waals surface area contributed by atoms with E-state index in [9.17, 15) is 0 Å². The van der Waals surface area contributed by atoms with Crippen LogP contribution in [0, 0.1) is 5.92 Å². The normalized spacial score (nSPS) is 21.3. The highest BCUT2D eigenvalue weighted by Gasteiger charge is 2.29. The molecule has 0 amide bonds. The van der Waals surface area contributed by atoms with Gasteiger partial charge in [-0.15, -0.1) is 10.2 Å². The first kappa shape index (κ1) is 20.4.